The molecule has 1 aromatic heterocycles. The Labute approximate surface area is 62.9 Å². The molecule has 2 rings (SSSR count). The normalized spacial score (nSPS) is 22.5. The predicted octanol–water partition coefficient (Wildman–Crippen LogP) is 1.55. The van der Waals surface area contributed by atoms with E-state index in [1.807, 2.05) is 18.4 Å². The lowest BCUT2D eigenvalue weighted by molar-refractivity contribution is 0.0958. The van der Waals surface area contributed by atoms with Crippen molar-refractivity contribution in [2.24, 2.45) is 0 Å². The van der Waals surface area contributed by atoms with E-state index in [1.54, 1.807) is 11.3 Å². The largest absolute Gasteiger partial charge is 0.345 e. The first-order valence-corrected chi connectivity index (χ1v) is 4.05. The summed E-state index contributed by atoms with van der Waals surface area (Å²) in [4.78, 5) is 12.2. The SMILES string of the molecule is CC1NC(=O)c2ccsc21. The molecular formula is C7H7NOS. The summed E-state index contributed by atoms with van der Waals surface area (Å²) < 4.78 is 0. The first-order chi connectivity index (χ1) is 4.79. The number of carbonyl (C=O) groups is 1. The molecule has 0 saturated carbocycles. The van der Waals surface area contributed by atoms with Crippen LogP contribution in [0, 0.1) is 0 Å². The molecule has 1 amide bonds. The molecule has 0 bridgehead atoms. The third-order valence-corrected chi connectivity index (χ3v) is 2.78. The summed E-state index contributed by atoms with van der Waals surface area (Å²) in [7, 11) is 0. The van der Waals surface area contributed by atoms with Gasteiger partial charge in [-0.05, 0) is 18.4 Å². The highest BCUT2D eigenvalue weighted by Crippen LogP contribution is 2.29. The van der Waals surface area contributed by atoms with Gasteiger partial charge in [0.15, 0.2) is 0 Å². The zero-order chi connectivity index (χ0) is 7.14. The molecule has 0 saturated heterocycles. The van der Waals surface area contributed by atoms with Gasteiger partial charge in [0.25, 0.3) is 5.91 Å². The van der Waals surface area contributed by atoms with Crippen molar-refractivity contribution in [1.82, 2.24) is 5.32 Å². The molecule has 1 N–H and O–H groups in total. The summed E-state index contributed by atoms with van der Waals surface area (Å²) in [6.07, 6.45) is 0. The molecule has 1 aliphatic rings. The third kappa shape index (κ3) is 0.609. The van der Waals surface area contributed by atoms with Crippen LogP contribution in [-0.4, -0.2) is 5.91 Å². The van der Waals surface area contributed by atoms with E-state index < -0.39 is 0 Å². The van der Waals surface area contributed by atoms with E-state index in [-0.39, 0.29) is 11.9 Å². The first-order valence-electron chi connectivity index (χ1n) is 3.17. The van der Waals surface area contributed by atoms with Crippen LogP contribution in [0.5, 0.6) is 0 Å². The molecule has 0 aliphatic carbocycles. The molecule has 0 spiro atoms. The Bertz CT molecular complexity index is 279. The Balaban J connectivity index is 2.58. The standard InChI is InChI=1S/C7H7NOS/c1-4-6-5(2-3-10-6)7(9)8-4/h2-4H,1H3,(H,8,9). The second-order valence-corrected chi connectivity index (χ2v) is 3.34. The highest BCUT2D eigenvalue weighted by atomic mass is 32.1. The van der Waals surface area contributed by atoms with Gasteiger partial charge in [-0.25, -0.2) is 0 Å². The maximum atomic E-state index is 11.0. The van der Waals surface area contributed by atoms with Crippen molar-refractivity contribution >= 4 is 17.2 Å². The van der Waals surface area contributed by atoms with E-state index >= 15 is 0 Å². The second kappa shape index (κ2) is 1.83. The van der Waals surface area contributed by atoms with Gasteiger partial charge < -0.3 is 5.32 Å². The quantitative estimate of drug-likeness (QED) is 0.602. The number of hydrogen-bond acceptors (Lipinski definition) is 2. The number of carbonyl (C=O) groups excluding carboxylic acids is 1. The topological polar surface area (TPSA) is 29.1 Å². The van der Waals surface area contributed by atoms with E-state index in [2.05, 4.69) is 5.32 Å². The highest BCUT2D eigenvalue weighted by Gasteiger charge is 2.25. The summed E-state index contributed by atoms with van der Waals surface area (Å²) in [5.74, 6) is 0.0729. The Hall–Kier alpha value is -0.830. The van der Waals surface area contributed by atoms with Crippen molar-refractivity contribution in [3.63, 3.8) is 0 Å². The maximum absolute atomic E-state index is 11.0. The van der Waals surface area contributed by atoms with Crippen LogP contribution in [0.1, 0.15) is 28.2 Å². The molecule has 0 radical (unpaired) electrons. The molecule has 0 aromatic carbocycles. The lowest BCUT2D eigenvalue weighted by Crippen LogP contribution is -2.16. The van der Waals surface area contributed by atoms with Crippen molar-refractivity contribution < 1.29 is 4.79 Å². The Morgan fingerprint density at radius 1 is 1.70 bits per heavy atom. The minimum Gasteiger partial charge on any atom is -0.345 e. The second-order valence-electron chi connectivity index (χ2n) is 2.39. The molecule has 2 heterocycles. The van der Waals surface area contributed by atoms with Gasteiger partial charge in [0.1, 0.15) is 0 Å². The number of nitrogens with one attached hydrogen (secondary N) is 1. The van der Waals surface area contributed by atoms with Gasteiger partial charge in [-0.3, -0.25) is 4.79 Å². The molecule has 3 heteroatoms. The van der Waals surface area contributed by atoms with Crippen LogP contribution < -0.4 is 5.32 Å². The minimum absolute atomic E-state index is 0.0729. The average Bonchev–Trinajstić information content (AvgIpc) is 2.39. The lowest BCUT2D eigenvalue weighted by Gasteiger charge is -1.98. The number of rotatable bonds is 0. The molecule has 1 unspecified atom stereocenters. The van der Waals surface area contributed by atoms with E-state index in [0.29, 0.717) is 0 Å². The van der Waals surface area contributed by atoms with Crippen LogP contribution in [0.15, 0.2) is 11.4 Å². The van der Waals surface area contributed by atoms with Gasteiger partial charge in [-0.15, -0.1) is 11.3 Å². The number of hydrogen-bond donors (Lipinski definition) is 1. The number of amides is 1. The van der Waals surface area contributed by atoms with Crippen molar-refractivity contribution in [2.75, 3.05) is 0 Å². The van der Waals surface area contributed by atoms with E-state index in [0.717, 1.165) is 5.56 Å². The summed E-state index contributed by atoms with van der Waals surface area (Å²) in [5, 5.41) is 4.79. The van der Waals surface area contributed by atoms with Crippen molar-refractivity contribution in [1.29, 1.82) is 0 Å². The molecular weight excluding hydrogens is 146 g/mol. The summed E-state index contributed by atoms with van der Waals surface area (Å²) in [5.41, 5.74) is 0.859. The Kier molecular flexibility index (Phi) is 1.08. The van der Waals surface area contributed by atoms with E-state index in [1.165, 1.54) is 4.88 Å². The summed E-state index contributed by atoms with van der Waals surface area (Å²) in [6.45, 7) is 2.00. The smallest absolute Gasteiger partial charge is 0.252 e. The Morgan fingerprint density at radius 2 is 2.50 bits per heavy atom. The minimum atomic E-state index is 0.0729. The summed E-state index contributed by atoms with van der Waals surface area (Å²) >= 11 is 1.64. The van der Waals surface area contributed by atoms with Gasteiger partial charge >= 0.3 is 0 Å². The van der Waals surface area contributed by atoms with Crippen LogP contribution in [0.4, 0.5) is 0 Å². The Morgan fingerprint density at radius 3 is 3.20 bits per heavy atom. The van der Waals surface area contributed by atoms with E-state index in [9.17, 15) is 4.79 Å². The number of fused-ring (bicyclic) bond motifs is 1. The molecule has 1 aliphatic heterocycles. The fraction of sp³-hybridized carbons (Fsp3) is 0.286. The molecule has 0 fully saturated rings. The average molecular weight is 153 g/mol. The van der Waals surface area contributed by atoms with Crippen LogP contribution in [0.2, 0.25) is 0 Å². The third-order valence-electron chi connectivity index (χ3n) is 1.68. The zero-order valence-corrected chi connectivity index (χ0v) is 6.37. The zero-order valence-electron chi connectivity index (χ0n) is 5.55. The summed E-state index contributed by atoms with van der Waals surface area (Å²) in [6, 6.07) is 2.10. The number of thiophene rings is 1. The van der Waals surface area contributed by atoms with Gasteiger partial charge in [0.2, 0.25) is 0 Å². The first kappa shape index (κ1) is 5.92. The fourth-order valence-corrected chi connectivity index (χ4v) is 2.09. The van der Waals surface area contributed by atoms with Gasteiger partial charge in [-0.1, -0.05) is 0 Å². The van der Waals surface area contributed by atoms with Crippen LogP contribution in [0.3, 0.4) is 0 Å². The lowest BCUT2D eigenvalue weighted by atomic mass is 10.2. The van der Waals surface area contributed by atoms with Crippen LogP contribution in [-0.2, 0) is 0 Å². The van der Waals surface area contributed by atoms with Crippen LogP contribution in [0.25, 0.3) is 0 Å². The van der Waals surface area contributed by atoms with Gasteiger partial charge in [0, 0.05) is 4.88 Å². The van der Waals surface area contributed by atoms with Gasteiger partial charge in [-0.2, -0.15) is 0 Å². The van der Waals surface area contributed by atoms with E-state index in [4.69, 9.17) is 0 Å². The molecule has 1 aromatic rings. The van der Waals surface area contributed by atoms with Crippen molar-refractivity contribution in [3.05, 3.63) is 21.9 Å². The molecule has 1 atom stereocenters. The molecule has 10 heavy (non-hydrogen) atoms. The van der Waals surface area contributed by atoms with Crippen LogP contribution >= 0.6 is 11.3 Å². The maximum Gasteiger partial charge on any atom is 0.252 e. The predicted molar refractivity (Wildman–Crippen MR) is 40.2 cm³/mol. The van der Waals surface area contributed by atoms with Gasteiger partial charge in [0.05, 0.1) is 11.6 Å². The molecule has 2 nitrogen and oxygen atoms in total. The monoisotopic (exact) mass is 153 g/mol. The van der Waals surface area contributed by atoms with Crippen molar-refractivity contribution in [2.45, 2.75) is 13.0 Å². The fourth-order valence-electron chi connectivity index (χ4n) is 1.18. The highest BCUT2D eigenvalue weighted by molar-refractivity contribution is 7.10. The van der Waals surface area contributed by atoms with Crippen molar-refractivity contribution in [3.8, 4) is 0 Å². The molecule has 52 valence electrons.